The molecule has 216 valence electrons. The molecule has 38 heavy (non-hydrogen) atoms. The number of nitrogens with one attached hydrogen (secondary N) is 6. The number of thioether (sulfide) groups is 1. The zero-order valence-electron chi connectivity index (χ0n) is 21.8. The maximum atomic E-state index is 13.5. The van der Waals surface area contributed by atoms with Crippen molar-refractivity contribution in [2.75, 3.05) is 46.4 Å². The number of methoxy groups -OCH3 is 1. The van der Waals surface area contributed by atoms with Gasteiger partial charge in [0.05, 0.1) is 29.6 Å². The van der Waals surface area contributed by atoms with Gasteiger partial charge in [-0.05, 0) is 31.6 Å². The number of amides is 2. The summed E-state index contributed by atoms with van der Waals surface area (Å²) in [5.74, 6) is 0.0245. The number of hydrogen-bond acceptors (Lipinski definition) is 9. The number of likely N-dealkylation sites (tertiary alicyclic amines) is 1. The van der Waals surface area contributed by atoms with Crippen LogP contribution in [0.25, 0.3) is 0 Å². The van der Waals surface area contributed by atoms with Crippen molar-refractivity contribution in [3.63, 3.8) is 0 Å². The van der Waals surface area contributed by atoms with Crippen LogP contribution in [0.5, 0.6) is 0 Å². The molecule has 6 N–H and O–H groups in total. The number of alkyl halides is 3. The Morgan fingerprint density at radius 1 is 1.08 bits per heavy atom. The zero-order chi connectivity index (χ0) is 27.0. The Morgan fingerprint density at radius 3 is 2.63 bits per heavy atom. The molecular formula is C24H40ClF2N7O3S. The number of nitrogens with zero attached hydrogens (tertiary/aromatic N) is 1. The Bertz CT molecular complexity index is 852. The molecule has 11 atom stereocenters. The van der Waals surface area contributed by atoms with Crippen LogP contribution >= 0.6 is 23.4 Å². The van der Waals surface area contributed by atoms with E-state index in [1.807, 2.05) is 0 Å². The number of halogens is 3. The van der Waals surface area contributed by atoms with Crippen molar-refractivity contribution in [2.24, 2.45) is 17.8 Å². The van der Waals surface area contributed by atoms with E-state index in [-0.39, 0.29) is 64.5 Å². The number of fused-ring (bicyclic) bond motifs is 1. The minimum atomic E-state index is -2.52. The fourth-order valence-electron chi connectivity index (χ4n) is 6.75. The quantitative estimate of drug-likeness (QED) is 0.179. The second-order valence-electron chi connectivity index (χ2n) is 11.3. The Balaban J connectivity index is 1.15. The van der Waals surface area contributed by atoms with Crippen LogP contribution in [-0.2, 0) is 14.3 Å². The first kappa shape index (κ1) is 28.7. The van der Waals surface area contributed by atoms with Crippen molar-refractivity contribution >= 4 is 35.2 Å². The largest absolute Gasteiger partial charge is 0.380 e. The van der Waals surface area contributed by atoms with Gasteiger partial charge in [-0.1, -0.05) is 0 Å². The molecule has 0 aromatic heterocycles. The van der Waals surface area contributed by atoms with Crippen molar-refractivity contribution in [3.05, 3.63) is 0 Å². The number of rotatable bonds is 6. The Hall–Kier alpha value is -0.800. The van der Waals surface area contributed by atoms with E-state index < -0.39 is 18.5 Å². The molecular weight excluding hydrogens is 540 g/mol. The summed E-state index contributed by atoms with van der Waals surface area (Å²) in [7, 11) is 1.72. The third kappa shape index (κ3) is 6.24. The zero-order valence-corrected chi connectivity index (χ0v) is 23.4. The van der Waals surface area contributed by atoms with Crippen LogP contribution in [0.3, 0.4) is 0 Å². The molecule has 0 aromatic rings. The smallest absolute Gasteiger partial charge is 0.254 e. The molecule has 14 heteroatoms. The average Bonchev–Trinajstić information content (AvgIpc) is 3.47. The summed E-state index contributed by atoms with van der Waals surface area (Å²) in [5.41, 5.74) is -0.363. The van der Waals surface area contributed by atoms with Gasteiger partial charge >= 0.3 is 0 Å². The van der Waals surface area contributed by atoms with E-state index in [1.165, 1.54) is 0 Å². The molecule has 10 nitrogen and oxygen atoms in total. The molecule has 5 fully saturated rings. The first-order valence-electron chi connectivity index (χ1n) is 13.6. The van der Waals surface area contributed by atoms with Crippen molar-refractivity contribution in [3.8, 4) is 0 Å². The second-order valence-corrected chi connectivity index (χ2v) is 13.1. The molecule has 11 unspecified atom stereocenters. The monoisotopic (exact) mass is 579 g/mol. The van der Waals surface area contributed by atoms with Gasteiger partial charge in [-0.2, -0.15) is 0 Å². The maximum absolute atomic E-state index is 13.5. The minimum Gasteiger partial charge on any atom is -0.380 e. The summed E-state index contributed by atoms with van der Waals surface area (Å²) in [4.78, 5) is 28.3. The van der Waals surface area contributed by atoms with Crippen LogP contribution in [-0.4, -0.2) is 116 Å². The number of hydrogen-bond donors (Lipinski definition) is 6. The fraction of sp³-hybridized carbons (Fsp3) is 0.917. The van der Waals surface area contributed by atoms with Gasteiger partial charge in [0.2, 0.25) is 11.8 Å². The lowest BCUT2D eigenvalue weighted by molar-refractivity contribution is -0.133. The summed E-state index contributed by atoms with van der Waals surface area (Å²) in [6.07, 6.45) is -0.862. The van der Waals surface area contributed by atoms with E-state index in [0.29, 0.717) is 38.8 Å². The summed E-state index contributed by atoms with van der Waals surface area (Å²) in [5, 5.41) is 19.3. The highest BCUT2D eigenvalue weighted by atomic mass is 35.5. The molecule has 0 bridgehead atoms. The van der Waals surface area contributed by atoms with Gasteiger partial charge in [-0.3, -0.25) is 25.5 Å². The van der Waals surface area contributed by atoms with E-state index in [1.54, 1.807) is 23.8 Å². The van der Waals surface area contributed by atoms with Crippen molar-refractivity contribution < 1.29 is 23.1 Å². The SMILES string of the molecule is COC1CNC(Cl)CC1C1CC(C)NCC1C(=O)NC1NC2CN(C(=O)C3CNCC(C(F)F)N3)CC2S1. The molecule has 5 aliphatic heterocycles. The van der Waals surface area contributed by atoms with Crippen molar-refractivity contribution in [1.82, 2.24) is 36.8 Å². The summed E-state index contributed by atoms with van der Waals surface area (Å²) >= 11 is 8.07. The highest BCUT2D eigenvalue weighted by Gasteiger charge is 2.47. The Labute approximate surface area is 231 Å². The van der Waals surface area contributed by atoms with Gasteiger partial charge in [-0.15, -0.1) is 23.4 Å². The maximum Gasteiger partial charge on any atom is 0.254 e. The normalized spacial score (nSPS) is 43.7. The highest BCUT2D eigenvalue weighted by molar-refractivity contribution is 8.00. The van der Waals surface area contributed by atoms with Crippen LogP contribution in [0.4, 0.5) is 8.78 Å². The van der Waals surface area contributed by atoms with E-state index in [9.17, 15) is 18.4 Å². The van der Waals surface area contributed by atoms with E-state index in [2.05, 4.69) is 38.8 Å². The molecule has 0 aliphatic carbocycles. The Kier molecular flexibility index (Phi) is 9.35. The average molecular weight is 580 g/mol. The molecule has 5 heterocycles. The van der Waals surface area contributed by atoms with Gasteiger partial charge in [0.15, 0.2) is 0 Å². The first-order valence-corrected chi connectivity index (χ1v) is 15.0. The predicted octanol–water partition coefficient (Wildman–Crippen LogP) is -0.699. The van der Waals surface area contributed by atoms with Gasteiger partial charge in [0, 0.05) is 63.7 Å². The van der Waals surface area contributed by atoms with E-state index in [4.69, 9.17) is 16.3 Å². The first-order chi connectivity index (χ1) is 18.2. The predicted molar refractivity (Wildman–Crippen MR) is 142 cm³/mol. The molecule has 0 radical (unpaired) electrons. The molecule has 5 rings (SSSR count). The lowest BCUT2D eigenvalue weighted by atomic mass is 9.70. The summed E-state index contributed by atoms with van der Waals surface area (Å²) in [6, 6.07) is -1.32. The molecule has 5 aliphatic rings. The highest BCUT2D eigenvalue weighted by Crippen LogP contribution is 2.38. The van der Waals surface area contributed by atoms with E-state index in [0.717, 1.165) is 12.8 Å². The van der Waals surface area contributed by atoms with Crippen molar-refractivity contribution in [1.29, 1.82) is 0 Å². The summed E-state index contributed by atoms with van der Waals surface area (Å²) in [6.45, 7) is 4.95. The van der Waals surface area contributed by atoms with Crippen molar-refractivity contribution in [2.45, 2.75) is 72.7 Å². The summed E-state index contributed by atoms with van der Waals surface area (Å²) < 4.78 is 32.0. The van der Waals surface area contributed by atoms with Gasteiger partial charge < -0.3 is 25.6 Å². The number of piperazine rings is 1. The van der Waals surface area contributed by atoms with Crippen LogP contribution in [0.2, 0.25) is 0 Å². The van der Waals surface area contributed by atoms with Crippen LogP contribution in [0.1, 0.15) is 19.8 Å². The van der Waals surface area contributed by atoms with Crippen LogP contribution < -0.4 is 31.9 Å². The third-order valence-electron chi connectivity index (χ3n) is 8.77. The molecule has 0 spiro atoms. The van der Waals surface area contributed by atoms with Gasteiger partial charge in [0.25, 0.3) is 6.43 Å². The molecule has 5 saturated heterocycles. The lowest BCUT2D eigenvalue weighted by Gasteiger charge is -2.45. The van der Waals surface area contributed by atoms with Crippen LogP contribution in [0.15, 0.2) is 0 Å². The minimum absolute atomic E-state index is 0.0160. The fourth-order valence-corrected chi connectivity index (χ4v) is 8.45. The van der Waals surface area contributed by atoms with Crippen LogP contribution in [0, 0.1) is 17.8 Å². The second kappa shape index (κ2) is 12.4. The van der Waals surface area contributed by atoms with Gasteiger partial charge in [0.1, 0.15) is 5.50 Å². The standard InChI is InChI=1S/C24H40ClF2N7O3S/c1-11-3-12(13-4-20(25)30-8-18(13)37-2)14(5-29-11)22(35)33-24-32-17-9-34(10-19(17)38-24)23(36)16-7-28-6-15(31-16)21(26)27/h11-21,24,28-32H,3-10H2,1-2H3,(H,33,35). The third-order valence-corrected chi connectivity index (χ3v) is 10.5. The number of carbonyl (C=O) groups is 2. The number of piperidine rings is 2. The molecule has 2 amide bonds. The number of carbonyl (C=O) groups excluding carboxylic acids is 2. The molecule has 0 aromatic carbocycles. The topological polar surface area (TPSA) is 119 Å². The van der Waals surface area contributed by atoms with E-state index >= 15 is 0 Å². The number of ether oxygens (including phenoxy) is 1. The molecule has 0 saturated carbocycles. The lowest BCUT2D eigenvalue weighted by Crippen LogP contribution is -2.62. The van der Waals surface area contributed by atoms with Gasteiger partial charge in [-0.25, -0.2) is 8.78 Å². The Morgan fingerprint density at radius 2 is 1.89 bits per heavy atom.